The van der Waals surface area contributed by atoms with Crippen molar-refractivity contribution in [3.63, 3.8) is 0 Å². The van der Waals surface area contributed by atoms with E-state index in [-0.39, 0.29) is 0 Å². The number of amidine groups is 1. The van der Waals surface area contributed by atoms with Crippen LogP contribution in [0, 0.1) is 6.92 Å². The summed E-state index contributed by atoms with van der Waals surface area (Å²) in [5, 5.41) is 0.583. The molecule has 0 aliphatic rings. The molecule has 0 saturated heterocycles. The molecule has 2 N–H and O–H groups in total. The highest BCUT2D eigenvalue weighted by Gasteiger charge is 2.08. The van der Waals surface area contributed by atoms with Gasteiger partial charge in [-0.1, -0.05) is 11.8 Å². The van der Waals surface area contributed by atoms with Crippen LogP contribution in [-0.4, -0.2) is 26.4 Å². The van der Waals surface area contributed by atoms with Crippen LogP contribution in [0.15, 0.2) is 17.1 Å². The van der Waals surface area contributed by atoms with Crippen molar-refractivity contribution in [1.82, 2.24) is 0 Å². The van der Waals surface area contributed by atoms with E-state index >= 15 is 0 Å². The molecule has 0 aromatic heterocycles. The Labute approximate surface area is 106 Å². The zero-order chi connectivity index (χ0) is 12.8. The van der Waals surface area contributed by atoms with E-state index in [0.29, 0.717) is 5.17 Å². The first kappa shape index (κ1) is 13.7. The number of hydrogen-bond donors (Lipinski definition) is 1. The van der Waals surface area contributed by atoms with Gasteiger partial charge in [-0.2, -0.15) is 0 Å². The average molecular weight is 254 g/mol. The molecular formula is C12H18N2O2S. The van der Waals surface area contributed by atoms with Crippen molar-refractivity contribution in [3.8, 4) is 11.5 Å². The minimum absolute atomic E-state index is 0.583. The zero-order valence-corrected chi connectivity index (χ0v) is 11.4. The molecule has 0 radical (unpaired) electrons. The lowest BCUT2D eigenvalue weighted by Gasteiger charge is -2.12. The van der Waals surface area contributed by atoms with Crippen molar-refractivity contribution >= 4 is 16.9 Å². The summed E-state index contributed by atoms with van der Waals surface area (Å²) in [4.78, 5) is 3.91. The zero-order valence-electron chi connectivity index (χ0n) is 10.6. The van der Waals surface area contributed by atoms with Crippen molar-refractivity contribution in [1.29, 1.82) is 0 Å². The number of methoxy groups -OCH3 is 2. The summed E-state index contributed by atoms with van der Waals surface area (Å²) in [7, 11) is 4.95. The van der Waals surface area contributed by atoms with Gasteiger partial charge in [0.25, 0.3) is 0 Å². The van der Waals surface area contributed by atoms with E-state index < -0.39 is 0 Å². The summed E-state index contributed by atoms with van der Waals surface area (Å²) < 4.78 is 10.5. The van der Waals surface area contributed by atoms with Gasteiger partial charge in [0.2, 0.25) is 0 Å². The van der Waals surface area contributed by atoms with Gasteiger partial charge in [0, 0.05) is 12.8 Å². The first-order chi connectivity index (χ1) is 8.12. The van der Waals surface area contributed by atoms with Crippen molar-refractivity contribution in [2.75, 3.05) is 21.3 Å². The predicted octanol–water partition coefficient (Wildman–Crippen LogP) is 2.19. The minimum atomic E-state index is 0.583. The largest absolute Gasteiger partial charge is 0.493 e. The maximum Gasteiger partial charge on any atom is 0.161 e. The molecule has 94 valence electrons. The lowest BCUT2D eigenvalue weighted by Crippen LogP contribution is -2.06. The lowest BCUT2D eigenvalue weighted by molar-refractivity contribution is 0.354. The van der Waals surface area contributed by atoms with Crippen LogP contribution in [0.5, 0.6) is 11.5 Å². The summed E-state index contributed by atoms with van der Waals surface area (Å²) in [5.74, 6) is 2.26. The van der Waals surface area contributed by atoms with Gasteiger partial charge in [-0.3, -0.25) is 4.99 Å². The van der Waals surface area contributed by atoms with Crippen LogP contribution in [0.3, 0.4) is 0 Å². The number of nitrogens with two attached hydrogens (primary N) is 1. The molecule has 0 atom stereocenters. The van der Waals surface area contributed by atoms with Crippen LogP contribution in [0.25, 0.3) is 0 Å². The van der Waals surface area contributed by atoms with Crippen molar-refractivity contribution in [2.24, 2.45) is 10.7 Å². The van der Waals surface area contributed by atoms with Crippen LogP contribution in [0.2, 0.25) is 0 Å². The SMILES string of the molecule is CN=C(N)SCc1cc(OC)c(OC)cc1C. The first-order valence-electron chi connectivity index (χ1n) is 5.19. The van der Waals surface area contributed by atoms with E-state index in [1.807, 2.05) is 19.1 Å². The maximum atomic E-state index is 5.65. The standard InChI is InChI=1S/C12H18N2O2S/c1-8-5-10(15-3)11(16-4)6-9(8)7-17-12(13)14-2/h5-6H,7H2,1-4H3,(H2,13,14). The molecule has 0 bridgehead atoms. The second kappa shape index (κ2) is 6.39. The minimum Gasteiger partial charge on any atom is -0.493 e. The van der Waals surface area contributed by atoms with Gasteiger partial charge in [-0.15, -0.1) is 0 Å². The summed E-state index contributed by atoms with van der Waals surface area (Å²) in [6, 6.07) is 3.94. The van der Waals surface area contributed by atoms with Gasteiger partial charge >= 0.3 is 0 Å². The van der Waals surface area contributed by atoms with Gasteiger partial charge < -0.3 is 15.2 Å². The Morgan fingerprint density at radius 3 is 2.41 bits per heavy atom. The molecule has 17 heavy (non-hydrogen) atoms. The molecule has 0 spiro atoms. The summed E-state index contributed by atoms with van der Waals surface area (Å²) in [6.07, 6.45) is 0. The Bertz CT molecular complexity index is 419. The highest BCUT2D eigenvalue weighted by Crippen LogP contribution is 2.31. The van der Waals surface area contributed by atoms with E-state index in [2.05, 4.69) is 4.99 Å². The number of benzene rings is 1. The van der Waals surface area contributed by atoms with Crippen molar-refractivity contribution in [2.45, 2.75) is 12.7 Å². The molecular weight excluding hydrogens is 236 g/mol. The fourth-order valence-electron chi connectivity index (χ4n) is 1.39. The normalized spacial score (nSPS) is 11.4. The first-order valence-corrected chi connectivity index (χ1v) is 6.17. The van der Waals surface area contributed by atoms with E-state index in [0.717, 1.165) is 22.8 Å². The summed E-state index contributed by atoms with van der Waals surface area (Å²) in [5.41, 5.74) is 7.97. The van der Waals surface area contributed by atoms with Gasteiger partial charge in [-0.05, 0) is 30.2 Å². The number of aliphatic imine (C=N–C) groups is 1. The van der Waals surface area contributed by atoms with Crippen LogP contribution < -0.4 is 15.2 Å². The molecule has 0 fully saturated rings. The summed E-state index contributed by atoms with van der Waals surface area (Å²) >= 11 is 1.51. The molecule has 0 saturated carbocycles. The molecule has 0 amide bonds. The fraction of sp³-hybridized carbons (Fsp3) is 0.417. The lowest BCUT2D eigenvalue weighted by atomic mass is 10.1. The monoisotopic (exact) mass is 254 g/mol. The third kappa shape index (κ3) is 3.56. The molecule has 1 aromatic carbocycles. The highest BCUT2D eigenvalue weighted by molar-refractivity contribution is 8.13. The molecule has 0 unspecified atom stereocenters. The second-order valence-corrected chi connectivity index (χ2v) is 4.48. The third-order valence-electron chi connectivity index (χ3n) is 2.44. The number of nitrogens with zero attached hydrogens (tertiary/aromatic N) is 1. The van der Waals surface area contributed by atoms with Gasteiger partial charge in [-0.25, -0.2) is 0 Å². The number of aryl methyl sites for hydroxylation is 1. The molecule has 5 heteroatoms. The van der Waals surface area contributed by atoms with Crippen LogP contribution in [0.1, 0.15) is 11.1 Å². The van der Waals surface area contributed by atoms with E-state index in [1.54, 1.807) is 21.3 Å². The maximum absolute atomic E-state index is 5.65. The van der Waals surface area contributed by atoms with Gasteiger partial charge in [0.1, 0.15) is 0 Å². The van der Waals surface area contributed by atoms with E-state index in [1.165, 1.54) is 17.3 Å². The van der Waals surface area contributed by atoms with Gasteiger partial charge in [0.15, 0.2) is 16.7 Å². The number of thioether (sulfide) groups is 1. The van der Waals surface area contributed by atoms with Gasteiger partial charge in [0.05, 0.1) is 14.2 Å². The Hall–Kier alpha value is -1.36. The Kier molecular flexibility index (Phi) is 5.15. The number of hydrogen-bond acceptors (Lipinski definition) is 4. The average Bonchev–Trinajstić information content (AvgIpc) is 2.36. The molecule has 0 aliphatic carbocycles. The highest BCUT2D eigenvalue weighted by atomic mass is 32.2. The van der Waals surface area contributed by atoms with Crippen LogP contribution in [-0.2, 0) is 5.75 Å². The molecule has 0 aliphatic heterocycles. The second-order valence-electron chi connectivity index (χ2n) is 3.48. The quantitative estimate of drug-likeness (QED) is 0.661. The summed E-state index contributed by atoms with van der Waals surface area (Å²) in [6.45, 7) is 2.04. The number of ether oxygens (including phenoxy) is 2. The Morgan fingerprint density at radius 1 is 1.29 bits per heavy atom. The smallest absolute Gasteiger partial charge is 0.161 e. The topological polar surface area (TPSA) is 56.8 Å². The van der Waals surface area contributed by atoms with Crippen LogP contribution in [0.4, 0.5) is 0 Å². The van der Waals surface area contributed by atoms with Crippen LogP contribution >= 0.6 is 11.8 Å². The van der Waals surface area contributed by atoms with E-state index in [9.17, 15) is 0 Å². The molecule has 0 heterocycles. The third-order valence-corrected chi connectivity index (χ3v) is 3.37. The molecule has 1 rings (SSSR count). The molecule has 1 aromatic rings. The predicted molar refractivity (Wildman–Crippen MR) is 73.1 cm³/mol. The van der Waals surface area contributed by atoms with Crippen molar-refractivity contribution in [3.05, 3.63) is 23.3 Å². The molecule has 4 nitrogen and oxygen atoms in total. The Balaban J connectivity index is 2.92. The number of rotatable bonds is 4. The van der Waals surface area contributed by atoms with Crippen molar-refractivity contribution < 1.29 is 9.47 Å². The Morgan fingerprint density at radius 2 is 1.88 bits per heavy atom. The fourth-order valence-corrected chi connectivity index (χ4v) is 2.14. The van der Waals surface area contributed by atoms with E-state index in [4.69, 9.17) is 15.2 Å².